The molecule has 0 radical (unpaired) electrons. The van der Waals surface area contributed by atoms with E-state index in [4.69, 9.17) is 4.74 Å². The first-order valence-electron chi connectivity index (χ1n) is 7.39. The van der Waals surface area contributed by atoms with E-state index in [0.29, 0.717) is 5.37 Å². The van der Waals surface area contributed by atoms with E-state index >= 15 is 0 Å². The summed E-state index contributed by atoms with van der Waals surface area (Å²) in [5.41, 5.74) is -0.420. The topological polar surface area (TPSA) is 41.6 Å². The van der Waals surface area contributed by atoms with Crippen molar-refractivity contribution in [2.24, 2.45) is 5.92 Å². The summed E-state index contributed by atoms with van der Waals surface area (Å²) in [6, 6.07) is 0.269. The van der Waals surface area contributed by atoms with Gasteiger partial charge in [-0.1, -0.05) is 0 Å². The molecule has 0 bridgehead atoms. The molecule has 1 aliphatic heterocycles. The van der Waals surface area contributed by atoms with Gasteiger partial charge in [0, 0.05) is 19.3 Å². The van der Waals surface area contributed by atoms with Crippen LogP contribution in [-0.4, -0.2) is 35.1 Å². The molecule has 2 rings (SSSR count). The van der Waals surface area contributed by atoms with Gasteiger partial charge in [-0.25, -0.2) is 4.79 Å². The fourth-order valence-electron chi connectivity index (χ4n) is 2.86. The second kappa shape index (κ2) is 6.29. The van der Waals surface area contributed by atoms with Crippen LogP contribution in [0.4, 0.5) is 4.79 Å². The SMILES string of the molecule is CN1C=CSC1C1CCC(NC(=O)OC(C)(C)C)CC1. The normalized spacial score (nSPS) is 30.4. The van der Waals surface area contributed by atoms with Crippen LogP contribution >= 0.6 is 11.8 Å². The minimum absolute atomic E-state index is 0.269. The Bertz CT molecular complexity index is 371. The average Bonchev–Trinajstić information content (AvgIpc) is 2.74. The zero-order valence-corrected chi connectivity index (χ0v) is 13.7. The standard InChI is InChI=1S/C15H26N2O2S/c1-15(2,3)19-14(18)16-12-7-5-11(6-8-12)13-17(4)9-10-20-13/h9-13H,5-8H2,1-4H3,(H,16,18). The van der Waals surface area contributed by atoms with Crippen molar-refractivity contribution in [1.29, 1.82) is 0 Å². The molecule has 0 aromatic carbocycles. The molecule has 2 aliphatic rings. The van der Waals surface area contributed by atoms with Gasteiger partial charge in [0.1, 0.15) is 5.60 Å². The number of ether oxygens (including phenoxy) is 1. The van der Waals surface area contributed by atoms with Crippen LogP contribution in [0, 0.1) is 5.92 Å². The number of carbonyl (C=O) groups excluding carboxylic acids is 1. The fourth-order valence-corrected chi connectivity index (χ4v) is 4.04. The van der Waals surface area contributed by atoms with Crippen molar-refractivity contribution in [2.45, 2.75) is 63.5 Å². The number of carbonyl (C=O) groups is 1. The number of thioether (sulfide) groups is 1. The Morgan fingerprint density at radius 3 is 2.45 bits per heavy atom. The molecular formula is C15H26N2O2S. The van der Waals surface area contributed by atoms with Crippen molar-refractivity contribution in [3.8, 4) is 0 Å². The van der Waals surface area contributed by atoms with Crippen LogP contribution in [0.2, 0.25) is 0 Å². The van der Waals surface area contributed by atoms with Crippen molar-refractivity contribution in [1.82, 2.24) is 10.2 Å². The highest BCUT2D eigenvalue weighted by Gasteiger charge is 2.31. The predicted octanol–water partition coefficient (Wildman–Crippen LogP) is 3.55. The minimum atomic E-state index is -0.420. The van der Waals surface area contributed by atoms with E-state index in [1.165, 1.54) is 12.8 Å². The number of hydrogen-bond donors (Lipinski definition) is 1. The number of nitrogens with one attached hydrogen (secondary N) is 1. The van der Waals surface area contributed by atoms with E-state index in [0.717, 1.165) is 18.8 Å². The monoisotopic (exact) mass is 298 g/mol. The third-order valence-corrected chi connectivity index (χ3v) is 5.09. The predicted molar refractivity (Wildman–Crippen MR) is 83.4 cm³/mol. The van der Waals surface area contributed by atoms with E-state index < -0.39 is 5.60 Å². The lowest BCUT2D eigenvalue weighted by molar-refractivity contribution is 0.0484. The van der Waals surface area contributed by atoms with E-state index in [1.807, 2.05) is 32.5 Å². The summed E-state index contributed by atoms with van der Waals surface area (Å²) >= 11 is 1.91. The lowest BCUT2D eigenvalue weighted by Gasteiger charge is -2.35. The fraction of sp³-hybridized carbons (Fsp3) is 0.800. The van der Waals surface area contributed by atoms with E-state index in [2.05, 4.69) is 28.9 Å². The summed E-state index contributed by atoms with van der Waals surface area (Å²) in [5, 5.41) is 5.76. The quantitative estimate of drug-likeness (QED) is 0.846. The zero-order chi connectivity index (χ0) is 14.8. The third-order valence-electron chi connectivity index (χ3n) is 3.81. The van der Waals surface area contributed by atoms with Crippen molar-refractivity contribution in [3.05, 3.63) is 11.6 Å². The molecule has 0 spiro atoms. The molecular weight excluding hydrogens is 272 g/mol. The Labute approximate surface area is 126 Å². The van der Waals surface area contributed by atoms with E-state index in [1.54, 1.807) is 0 Å². The summed E-state index contributed by atoms with van der Waals surface area (Å²) in [4.78, 5) is 14.1. The molecule has 1 amide bonds. The maximum atomic E-state index is 11.8. The molecule has 0 saturated heterocycles. The molecule has 1 fully saturated rings. The summed E-state index contributed by atoms with van der Waals surface area (Å²) in [5.74, 6) is 0.719. The Morgan fingerprint density at radius 1 is 1.30 bits per heavy atom. The highest BCUT2D eigenvalue weighted by atomic mass is 32.2. The Balaban J connectivity index is 1.73. The average molecular weight is 298 g/mol. The van der Waals surface area contributed by atoms with E-state index in [-0.39, 0.29) is 12.1 Å². The number of rotatable bonds is 2. The Hall–Kier alpha value is -0.840. The van der Waals surface area contributed by atoms with Gasteiger partial charge >= 0.3 is 6.09 Å². The smallest absolute Gasteiger partial charge is 0.407 e. The van der Waals surface area contributed by atoms with Crippen LogP contribution in [0.25, 0.3) is 0 Å². The molecule has 4 nitrogen and oxygen atoms in total. The number of amides is 1. The van der Waals surface area contributed by atoms with Gasteiger partial charge in [0.15, 0.2) is 0 Å². The highest BCUT2D eigenvalue weighted by Crippen LogP contribution is 2.37. The second-order valence-corrected chi connectivity index (χ2v) is 7.76. The van der Waals surface area contributed by atoms with Gasteiger partial charge < -0.3 is 15.0 Å². The molecule has 1 heterocycles. The van der Waals surface area contributed by atoms with Gasteiger partial charge in [-0.3, -0.25) is 0 Å². The maximum Gasteiger partial charge on any atom is 0.407 e. The molecule has 20 heavy (non-hydrogen) atoms. The van der Waals surface area contributed by atoms with Gasteiger partial charge in [-0.05, 0) is 57.8 Å². The number of hydrogen-bond acceptors (Lipinski definition) is 4. The van der Waals surface area contributed by atoms with Crippen LogP contribution in [-0.2, 0) is 4.74 Å². The van der Waals surface area contributed by atoms with Crippen LogP contribution in [0.5, 0.6) is 0 Å². The van der Waals surface area contributed by atoms with E-state index in [9.17, 15) is 4.79 Å². The molecule has 0 aromatic heterocycles. The number of nitrogens with zero attached hydrogens (tertiary/aromatic N) is 1. The van der Waals surface area contributed by atoms with Crippen molar-refractivity contribution in [3.63, 3.8) is 0 Å². The molecule has 1 unspecified atom stereocenters. The molecule has 5 heteroatoms. The largest absolute Gasteiger partial charge is 0.444 e. The van der Waals surface area contributed by atoms with Crippen molar-refractivity contribution in [2.75, 3.05) is 7.05 Å². The lowest BCUT2D eigenvalue weighted by Crippen LogP contribution is -2.42. The first-order valence-corrected chi connectivity index (χ1v) is 8.33. The summed E-state index contributed by atoms with van der Waals surface area (Å²) in [6.45, 7) is 5.68. The zero-order valence-electron chi connectivity index (χ0n) is 12.9. The highest BCUT2D eigenvalue weighted by molar-refractivity contribution is 8.02. The van der Waals surface area contributed by atoms with Crippen molar-refractivity contribution >= 4 is 17.9 Å². The molecule has 1 N–H and O–H groups in total. The molecule has 1 aliphatic carbocycles. The van der Waals surface area contributed by atoms with Crippen LogP contribution < -0.4 is 5.32 Å². The first-order chi connectivity index (χ1) is 9.35. The van der Waals surface area contributed by atoms with Gasteiger partial charge in [0.05, 0.1) is 5.37 Å². The lowest BCUT2D eigenvalue weighted by atomic mass is 9.85. The van der Waals surface area contributed by atoms with Gasteiger partial charge in [0.25, 0.3) is 0 Å². The Kier molecular flexibility index (Phi) is 4.89. The summed E-state index contributed by atoms with van der Waals surface area (Å²) in [6.07, 6.45) is 6.31. The summed E-state index contributed by atoms with van der Waals surface area (Å²) < 4.78 is 5.31. The van der Waals surface area contributed by atoms with Gasteiger partial charge in [-0.15, -0.1) is 11.8 Å². The molecule has 1 saturated carbocycles. The minimum Gasteiger partial charge on any atom is -0.444 e. The van der Waals surface area contributed by atoms with Crippen molar-refractivity contribution < 1.29 is 9.53 Å². The molecule has 1 atom stereocenters. The van der Waals surface area contributed by atoms with Crippen LogP contribution in [0.1, 0.15) is 46.5 Å². The van der Waals surface area contributed by atoms with Crippen LogP contribution in [0.15, 0.2) is 11.6 Å². The number of alkyl carbamates (subject to hydrolysis) is 1. The first kappa shape index (κ1) is 15.5. The van der Waals surface area contributed by atoms with Gasteiger partial charge in [-0.2, -0.15) is 0 Å². The van der Waals surface area contributed by atoms with Gasteiger partial charge in [0.2, 0.25) is 0 Å². The second-order valence-electron chi connectivity index (χ2n) is 6.74. The maximum absolute atomic E-state index is 11.8. The summed E-state index contributed by atoms with van der Waals surface area (Å²) in [7, 11) is 2.15. The molecule has 114 valence electrons. The van der Waals surface area contributed by atoms with Crippen LogP contribution in [0.3, 0.4) is 0 Å². The third kappa shape index (κ3) is 4.33. The molecule has 0 aromatic rings. The Morgan fingerprint density at radius 2 is 1.95 bits per heavy atom.